The predicted octanol–water partition coefficient (Wildman–Crippen LogP) is 1.33. The van der Waals surface area contributed by atoms with Gasteiger partial charge in [-0.05, 0) is 51.4 Å². The number of carbonyl (C=O) groups is 5. The van der Waals surface area contributed by atoms with Crippen molar-refractivity contribution in [1.29, 1.82) is 0 Å². The Kier molecular flexibility index (Phi) is 42.5. The standard InChI is InChI=1S/C47H88N4O9.2ClH/c1-8-9-24-30-44(60-47(57)40-51(6,7)37-39-59-42(3)53)43(54)29-25-20-16-12-13-17-21-26-31-45(55)48-33-27-22-18-14-10-11-15-19-23-28-34-49-46(56)32-35-50(4,5)36-38-58-41(2)52;;/h20,25,43-44,54H,8-19,21-24,26-40H2,1-7H3;2*1H/b25-20-;;. The normalized spacial score (nSPS) is 12.5. The van der Waals surface area contributed by atoms with E-state index in [1.807, 2.05) is 34.3 Å². The third-order valence-electron chi connectivity index (χ3n) is 10.9. The molecule has 0 rings (SSSR count). The Morgan fingerprint density at radius 1 is 0.581 bits per heavy atom. The number of nitrogens with one attached hydrogen (secondary N) is 2. The first-order valence-electron chi connectivity index (χ1n) is 23.5. The van der Waals surface area contributed by atoms with Crippen LogP contribution in [0.4, 0.5) is 0 Å². The Morgan fingerprint density at radius 2 is 1.05 bits per heavy atom. The van der Waals surface area contributed by atoms with Crippen molar-refractivity contribution in [2.75, 3.05) is 80.7 Å². The van der Waals surface area contributed by atoms with Crippen molar-refractivity contribution in [1.82, 2.24) is 10.6 Å². The number of quaternary nitrogens is 2. The van der Waals surface area contributed by atoms with Crippen molar-refractivity contribution in [2.45, 2.75) is 181 Å². The van der Waals surface area contributed by atoms with Gasteiger partial charge in [-0.25, -0.2) is 4.79 Å². The van der Waals surface area contributed by atoms with Gasteiger partial charge in [0.1, 0.15) is 32.4 Å². The van der Waals surface area contributed by atoms with E-state index in [1.165, 1.54) is 52.4 Å². The van der Waals surface area contributed by atoms with Gasteiger partial charge in [-0.15, -0.1) is 0 Å². The summed E-state index contributed by atoms with van der Waals surface area (Å²) in [7, 11) is 7.87. The average Bonchev–Trinajstić information content (AvgIpc) is 3.16. The Hall–Kier alpha value is -2.45. The largest absolute Gasteiger partial charge is 1.00 e. The number of halogens is 2. The van der Waals surface area contributed by atoms with E-state index in [2.05, 4.69) is 23.6 Å². The molecule has 0 aliphatic rings. The summed E-state index contributed by atoms with van der Waals surface area (Å²) in [5, 5.41) is 17.0. The van der Waals surface area contributed by atoms with E-state index in [-0.39, 0.29) is 67.7 Å². The van der Waals surface area contributed by atoms with E-state index in [1.54, 1.807) is 0 Å². The van der Waals surface area contributed by atoms with Crippen LogP contribution in [0, 0.1) is 0 Å². The van der Waals surface area contributed by atoms with Crippen LogP contribution in [0.25, 0.3) is 0 Å². The minimum absolute atomic E-state index is 0. The summed E-state index contributed by atoms with van der Waals surface area (Å²) in [4.78, 5) is 59.1. The molecule has 2 unspecified atom stereocenters. The molecule has 0 radical (unpaired) electrons. The van der Waals surface area contributed by atoms with Crippen LogP contribution >= 0.6 is 0 Å². The van der Waals surface area contributed by atoms with Crippen LogP contribution in [0.2, 0.25) is 0 Å². The number of carbonyl (C=O) groups excluding carboxylic acids is 5. The van der Waals surface area contributed by atoms with Crippen molar-refractivity contribution < 1.29 is 77.1 Å². The second kappa shape index (κ2) is 41.3. The van der Waals surface area contributed by atoms with Crippen LogP contribution in [0.15, 0.2) is 12.2 Å². The third kappa shape index (κ3) is 42.8. The van der Waals surface area contributed by atoms with Crippen molar-refractivity contribution in [2.24, 2.45) is 0 Å². The molecule has 62 heavy (non-hydrogen) atoms. The van der Waals surface area contributed by atoms with E-state index >= 15 is 0 Å². The quantitative estimate of drug-likeness (QED) is 0.0272. The second-order valence-electron chi connectivity index (χ2n) is 18.0. The van der Waals surface area contributed by atoms with Crippen LogP contribution in [0.5, 0.6) is 0 Å². The molecular weight excluding hydrogens is 835 g/mol. The number of amides is 2. The SMILES string of the molecule is CCCCCC(OC(=O)C[N+](C)(C)CCOC(C)=O)C(O)C/C=C\CCCCCCCC(=O)NCCCCCCCCCCCCNC(=O)CC[N+](C)(C)CCOC(C)=O.[Cl-].[Cl-]. The van der Waals surface area contributed by atoms with E-state index in [0.717, 1.165) is 103 Å². The molecule has 3 N–H and O–H groups in total. The van der Waals surface area contributed by atoms with Gasteiger partial charge in [0.2, 0.25) is 11.8 Å². The molecule has 0 bridgehead atoms. The summed E-state index contributed by atoms with van der Waals surface area (Å²) in [6.45, 7) is 9.06. The molecule has 13 nitrogen and oxygen atoms in total. The van der Waals surface area contributed by atoms with Gasteiger partial charge in [0.25, 0.3) is 0 Å². The first-order valence-corrected chi connectivity index (χ1v) is 23.5. The Morgan fingerprint density at radius 3 is 1.56 bits per heavy atom. The summed E-state index contributed by atoms with van der Waals surface area (Å²) < 4.78 is 16.8. The summed E-state index contributed by atoms with van der Waals surface area (Å²) in [6.07, 6.45) is 25.9. The molecule has 0 saturated heterocycles. The summed E-state index contributed by atoms with van der Waals surface area (Å²) in [5.74, 6) is -0.717. The van der Waals surface area contributed by atoms with Gasteiger partial charge >= 0.3 is 17.9 Å². The number of esters is 3. The van der Waals surface area contributed by atoms with Crippen LogP contribution in [-0.2, 0) is 38.2 Å². The van der Waals surface area contributed by atoms with E-state index < -0.39 is 12.2 Å². The fourth-order valence-electron chi connectivity index (χ4n) is 6.83. The molecule has 2 atom stereocenters. The van der Waals surface area contributed by atoms with E-state index in [0.29, 0.717) is 54.3 Å². The molecule has 366 valence electrons. The van der Waals surface area contributed by atoms with E-state index in [4.69, 9.17) is 14.2 Å². The number of aliphatic hydroxyl groups excluding tert-OH is 1. The van der Waals surface area contributed by atoms with Crippen LogP contribution < -0.4 is 35.4 Å². The predicted molar refractivity (Wildman–Crippen MR) is 240 cm³/mol. The fraction of sp³-hybridized carbons (Fsp3) is 0.851. The maximum absolute atomic E-state index is 12.7. The van der Waals surface area contributed by atoms with Crippen LogP contribution in [0.1, 0.15) is 168 Å². The molecule has 0 heterocycles. The highest BCUT2D eigenvalue weighted by atomic mass is 35.5. The molecule has 0 saturated carbocycles. The summed E-state index contributed by atoms with van der Waals surface area (Å²) in [6, 6.07) is 0. The Bertz CT molecular complexity index is 1190. The molecule has 0 aromatic carbocycles. The van der Waals surface area contributed by atoms with Crippen molar-refractivity contribution >= 4 is 29.7 Å². The number of unbranched alkanes of at least 4 members (excludes halogenated alkanes) is 16. The molecule has 0 aliphatic heterocycles. The lowest BCUT2D eigenvalue weighted by atomic mass is 10.0. The lowest BCUT2D eigenvalue weighted by molar-refractivity contribution is -0.889. The average molecular weight is 926 g/mol. The third-order valence-corrected chi connectivity index (χ3v) is 10.9. The van der Waals surface area contributed by atoms with Crippen LogP contribution in [-0.4, -0.2) is 137 Å². The van der Waals surface area contributed by atoms with Crippen molar-refractivity contribution in [3.8, 4) is 0 Å². The van der Waals surface area contributed by atoms with Gasteiger partial charge < -0.3 is 63.7 Å². The van der Waals surface area contributed by atoms with Crippen molar-refractivity contribution in [3.05, 3.63) is 12.2 Å². The first-order chi connectivity index (χ1) is 28.6. The van der Waals surface area contributed by atoms with E-state index in [9.17, 15) is 29.1 Å². The topological polar surface area (TPSA) is 157 Å². The molecular formula is C47H90Cl2N4O9. The molecule has 0 aromatic rings. The zero-order valence-electron chi connectivity index (χ0n) is 40.1. The van der Waals surface area contributed by atoms with Gasteiger partial charge in [0, 0.05) is 33.4 Å². The maximum Gasteiger partial charge on any atom is 0.362 e. The molecule has 15 heteroatoms. The monoisotopic (exact) mass is 925 g/mol. The number of nitrogens with zero attached hydrogens (tertiary/aromatic N) is 2. The van der Waals surface area contributed by atoms with Gasteiger partial charge in [0.15, 0.2) is 6.54 Å². The number of aliphatic hydroxyl groups is 1. The van der Waals surface area contributed by atoms with Crippen molar-refractivity contribution in [3.63, 3.8) is 0 Å². The Labute approximate surface area is 389 Å². The minimum atomic E-state index is -0.750. The zero-order valence-corrected chi connectivity index (χ0v) is 41.6. The lowest BCUT2D eigenvalue weighted by Crippen LogP contribution is -3.00. The number of hydrogen-bond acceptors (Lipinski definition) is 9. The molecule has 0 aromatic heterocycles. The number of likely N-dealkylation sites (N-methyl/N-ethyl adjacent to an activating group) is 2. The number of ether oxygens (including phenoxy) is 3. The molecule has 0 aliphatic carbocycles. The summed E-state index contributed by atoms with van der Waals surface area (Å²) in [5.41, 5.74) is 0. The smallest absolute Gasteiger partial charge is 0.362 e. The number of allylic oxidation sites excluding steroid dienone is 1. The molecule has 2 amide bonds. The Balaban J connectivity index is -0.0000174. The van der Waals surface area contributed by atoms with Crippen LogP contribution in [0.3, 0.4) is 0 Å². The number of hydrogen-bond donors (Lipinski definition) is 3. The van der Waals surface area contributed by atoms with Gasteiger partial charge in [-0.1, -0.05) is 103 Å². The lowest BCUT2D eigenvalue weighted by Gasteiger charge is -2.30. The van der Waals surface area contributed by atoms with Gasteiger partial charge in [0.05, 0.1) is 47.3 Å². The zero-order chi connectivity index (χ0) is 44.9. The molecule has 0 spiro atoms. The highest BCUT2D eigenvalue weighted by Gasteiger charge is 2.27. The fourth-order valence-corrected chi connectivity index (χ4v) is 6.83. The minimum Gasteiger partial charge on any atom is -1.00 e. The van der Waals surface area contributed by atoms with Gasteiger partial charge in [-0.2, -0.15) is 0 Å². The summed E-state index contributed by atoms with van der Waals surface area (Å²) >= 11 is 0. The molecule has 0 fully saturated rings. The highest BCUT2D eigenvalue weighted by molar-refractivity contribution is 5.76. The maximum atomic E-state index is 12.7. The second-order valence-corrected chi connectivity index (χ2v) is 18.0. The first kappa shape index (κ1) is 63.8. The van der Waals surface area contributed by atoms with Gasteiger partial charge in [-0.3, -0.25) is 19.2 Å². The highest BCUT2D eigenvalue weighted by Crippen LogP contribution is 2.16. The number of rotatable bonds is 40.